The number of pyridine rings is 1. The first-order chi connectivity index (χ1) is 16.5. The number of benzene rings is 1. The van der Waals surface area contributed by atoms with Gasteiger partial charge in [0.05, 0.1) is 18.3 Å². The second-order valence-corrected chi connectivity index (χ2v) is 8.49. The van der Waals surface area contributed by atoms with E-state index < -0.39 is 6.04 Å². The normalized spacial score (nSPS) is 12.1. The van der Waals surface area contributed by atoms with E-state index in [1.165, 1.54) is 4.90 Å². The zero-order valence-electron chi connectivity index (χ0n) is 19.3. The summed E-state index contributed by atoms with van der Waals surface area (Å²) in [7, 11) is 0. The van der Waals surface area contributed by atoms with Crippen molar-refractivity contribution in [1.82, 2.24) is 30.2 Å². The van der Waals surface area contributed by atoms with Gasteiger partial charge in [0.2, 0.25) is 11.8 Å². The lowest BCUT2D eigenvalue weighted by Crippen LogP contribution is -2.45. The zero-order chi connectivity index (χ0) is 23.9. The van der Waals surface area contributed by atoms with E-state index >= 15 is 0 Å². The molecule has 0 aliphatic rings. The van der Waals surface area contributed by atoms with Crippen molar-refractivity contribution in [1.29, 1.82) is 0 Å². The maximum absolute atomic E-state index is 13.7. The van der Waals surface area contributed by atoms with Gasteiger partial charge in [-0.25, -0.2) is 4.68 Å². The highest BCUT2D eigenvalue weighted by Crippen LogP contribution is 2.24. The Labute approximate surface area is 197 Å². The molecule has 9 nitrogen and oxygen atoms in total. The lowest BCUT2D eigenvalue weighted by atomic mass is 10.0. The first-order valence-electron chi connectivity index (χ1n) is 11.3. The maximum Gasteiger partial charge on any atom is 0.247 e. The fourth-order valence-corrected chi connectivity index (χ4v) is 3.75. The van der Waals surface area contributed by atoms with Gasteiger partial charge < -0.3 is 14.6 Å². The molecule has 4 rings (SSSR count). The van der Waals surface area contributed by atoms with Gasteiger partial charge in [0, 0.05) is 18.9 Å². The summed E-state index contributed by atoms with van der Waals surface area (Å²) in [6.45, 7) is 4.78. The zero-order valence-corrected chi connectivity index (χ0v) is 19.3. The second kappa shape index (κ2) is 10.7. The predicted octanol–water partition coefficient (Wildman–Crippen LogP) is 3.35. The molecule has 0 fully saturated rings. The Bertz CT molecular complexity index is 1220. The molecule has 3 aromatic heterocycles. The van der Waals surface area contributed by atoms with Gasteiger partial charge in [0.15, 0.2) is 0 Å². The standard InChI is InChI=1S/C25H28N6O3/c1-18(2)9-14-27-25(33)24(19-10-12-26-13-11-19)30(16-20-6-5-15-34-20)23(32)17-31-22-8-4-3-7-21(22)28-29-31/h3-8,10-13,15,18,24H,9,14,16-17H2,1-2H3,(H,27,33)/t24-/m1/s1. The van der Waals surface area contributed by atoms with Crippen molar-refractivity contribution < 1.29 is 14.0 Å². The summed E-state index contributed by atoms with van der Waals surface area (Å²) in [5, 5.41) is 11.3. The molecule has 0 radical (unpaired) electrons. The summed E-state index contributed by atoms with van der Waals surface area (Å²) < 4.78 is 7.07. The van der Waals surface area contributed by atoms with Crippen molar-refractivity contribution in [2.24, 2.45) is 5.92 Å². The van der Waals surface area contributed by atoms with Crippen LogP contribution in [0.5, 0.6) is 0 Å². The van der Waals surface area contributed by atoms with Crippen LogP contribution in [0.3, 0.4) is 0 Å². The lowest BCUT2D eigenvalue weighted by molar-refractivity contribution is -0.142. The molecule has 9 heteroatoms. The highest BCUT2D eigenvalue weighted by atomic mass is 16.3. The molecule has 3 heterocycles. The average Bonchev–Trinajstić information content (AvgIpc) is 3.49. The molecule has 1 atom stereocenters. The molecular formula is C25H28N6O3. The number of hydrogen-bond donors (Lipinski definition) is 1. The van der Waals surface area contributed by atoms with Gasteiger partial charge in [-0.2, -0.15) is 0 Å². The number of hydrogen-bond acceptors (Lipinski definition) is 6. The van der Waals surface area contributed by atoms with Crippen LogP contribution in [0.4, 0.5) is 0 Å². The molecule has 0 unspecified atom stereocenters. The Hall–Kier alpha value is -4.01. The molecule has 0 bridgehead atoms. The SMILES string of the molecule is CC(C)CCNC(=O)[C@@H](c1ccncc1)N(Cc1ccco1)C(=O)Cn1nnc2ccccc21. The van der Waals surface area contributed by atoms with E-state index in [-0.39, 0.29) is 24.9 Å². The van der Waals surface area contributed by atoms with Crippen LogP contribution in [0.25, 0.3) is 11.0 Å². The van der Waals surface area contributed by atoms with E-state index in [1.807, 2.05) is 24.3 Å². The summed E-state index contributed by atoms with van der Waals surface area (Å²) in [5.41, 5.74) is 2.11. The van der Waals surface area contributed by atoms with Gasteiger partial charge in [-0.3, -0.25) is 14.6 Å². The van der Waals surface area contributed by atoms with Crippen LogP contribution in [0.15, 0.2) is 71.6 Å². The van der Waals surface area contributed by atoms with Crippen LogP contribution in [-0.4, -0.2) is 43.2 Å². The molecule has 0 spiro atoms. The van der Waals surface area contributed by atoms with Crippen molar-refractivity contribution in [3.05, 3.63) is 78.5 Å². The Morgan fingerprint density at radius 2 is 1.88 bits per heavy atom. The van der Waals surface area contributed by atoms with Crippen molar-refractivity contribution in [2.75, 3.05) is 6.54 Å². The van der Waals surface area contributed by atoms with Gasteiger partial charge in [0.25, 0.3) is 0 Å². The third-order valence-corrected chi connectivity index (χ3v) is 5.53. The minimum Gasteiger partial charge on any atom is -0.467 e. The first kappa shape index (κ1) is 23.2. The largest absolute Gasteiger partial charge is 0.467 e. The quantitative estimate of drug-likeness (QED) is 0.389. The molecule has 0 aliphatic carbocycles. The highest BCUT2D eigenvalue weighted by molar-refractivity contribution is 5.89. The summed E-state index contributed by atoms with van der Waals surface area (Å²) >= 11 is 0. The Balaban J connectivity index is 1.66. The van der Waals surface area contributed by atoms with E-state index in [0.29, 0.717) is 29.3 Å². The second-order valence-electron chi connectivity index (χ2n) is 8.49. The number of aromatic nitrogens is 4. The van der Waals surface area contributed by atoms with Crippen LogP contribution in [0.2, 0.25) is 0 Å². The van der Waals surface area contributed by atoms with Gasteiger partial charge in [-0.1, -0.05) is 31.2 Å². The third kappa shape index (κ3) is 5.48. The van der Waals surface area contributed by atoms with Crippen LogP contribution in [-0.2, 0) is 22.7 Å². The molecule has 4 aromatic rings. The summed E-state index contributed by atoms with van der Waals surface area (Å²) in [4.78, 5) is 32.7. The van der Waals surface area contributed by atoms with Crippen molar-refractivity contribution in [2.45, 2.75) is 39.4 Å². The van der Waals surface area contributed by atoms with E-state index in [2.05, 4.69) is 34.5 Å². The fourth-order valence-electron chi connectivity index (χ4n) is 3.75. The fraction of sp³-hybridized carbons (Fsp3) is 0.320. The van der Waals surface area contributed by atoms with Crippen molar-refractivity contribution in [3.8, 4) is 0 Å². The third-order valence-electron chi connectivity index (χ3n) is 5.53. The van der Waals surface area contributed by atoms with Gasteiger partial charge in [0.1, 0.15) is 23.9 Å². The number of rotatable bonds is 10. The summed E-state index contributed by atoms with van der Waals surface area (Å²) in [6, 6.07) is 13.6. The van der Waals surface area contributed by atoms with Gasteiger partial charge in [-0.05, 0) is 54.3 Å². The molecule has 34 heavy (non-hydrogen) atoms. The Morgan fingerprint density at radius 3 is 2.62 bits per heavy atom. The molecule has 2 amide bonds. The molecule has 1 N–H and O–H groups in total. The van der Waals surface area contributed by atoms with Crippen LogP contribution in [0, 0.1) is 5.92 Å². The van der Waals surface area contributed by atoms with E-state index in [9.17, 15) is 9.59 Å². The average molecular weight is 461 g/mol. The molecule has 176 valence electrons. The molecule has 0 saturated carbocycles. The number of fused-ring (bicyclic) bond motifs is 1. The van der Waals surface area contributed by atoms with E-state index in [0.717, 1.165) is 11.9 Å². The number of nitrogens with zero attached hydrogens (tertiary/aromatic N) is 5. The molecular weight excluding hydrogens is 432 g/mol. The van der Waals surface area contributed by atoms with E-state index in [1.54, 1.807) is 47.6 Å². The number of carbonyl (C=O) groups excluding carboxylic acids is 2. The van der Waals surface area contributed by atoms with Gasteiger partial charge in [-0.15, -0.1) is 5.10 Å². The number of para-hydroxylation sites is 1. The molecule has 1 aromatic carbocycles. The lowest BCUT2D eigenvalue weighted by Gasteiger charge is -2.31. The number of carbonyl (C=O) groups is 2. The first-order valence-corrected chi connectivity index (χ1v) is 11.3. The monoisotopic (exact) mass is 460 g/mol. The number of furan rings is 1. The Morgan fingerprint density at radius 1 is 1.09 bits per heavy atom. The van der Waals surface area contributed by atoms with Gasteiger partial charge >= 0.3 is 0 Å². The smallest absolute Gasteiger partial charge is 0.247 e. The maximum atomic E-state index is 13.7. The van der Waals surface area contributed by atoms with Crippen LogP contribution >= 0.6 is 0 Å². The molecule has 0 saturated heterocycles. The minimum absolute atomic E-state index is 0.0674. The van der Waals surface area contributed by atoms with E-state index in [4.69, 9.17) is 4.42 Å². The topological polar surface area (TPSA) is 106 Å². The summed E-state index contributed by atoms with van der Waals surface area (Å²) in [6.07, 6.45) is 5.62. The Kier molecular flexibility index (Phi) is 7.31. The minimum atomic E-state index is -0.859. The summed E-state index contributed by atoms with van der Waals surface area (Å²) in [5.74, 6) is 0.482. The van der Waals surface area contributed by atoms with Crippen molar-refractivity contribution in [3.63, 3.8) is 0 Å². The number of amides is 2. The predicted molar refractivity (Wildman–Crippen MR) is 126 cm³/mol. The molecule has 0 aliphatic heterocycles. The van der Waals surface area contributed by atoms with Crippen molar-refractivity contribution >= 4 is 22.8 Å². The van der Waals surface area contributed by atoms with Crippen LogP contribution in [0.1, 0.15) is 37.6 Å². The highest BCUT2D eigenvalue weighted by Gasteiger charge is 2.32. The number of nitrogens with one attached hydrogen (secondary N) is 1. The van der Waals surface area contributed by atoms with Crippen LogP contribution < -0.4 is 5.32 Å².